The van der Waals surface area contributed by atoms with Gasteiger partial charge >= 0.3 is 0 Å². The molecule has 0 saturated carbocycles. The Bertz CT molecular complexity index is 431. The second-order valence-corrected chi connectivity index (χ2v) is 5.91. The van der Waals surface area contributed by atoms with Crippen LogP contribution < -0.4 is 5.32 Å². The highest BCUT2D eigenvalue weighted by molar-refractivity contribution is 5.73. The van der Waals surface area contributed by atoms with Crippen LogP contribution in [0.4, 0.5) is 0 Å². The van der Waals surface area contributed by atoms with Gasteiger partial charge in [0, 0.05) is 31.6 Å². The minimum absolute atomic E-state index is 0.112. The van der Waals surface area contributed by atoms with Crippen molar-refractivity contribution in [2.45, 2.75) is 57.3 Å². The molecule has 0 unspecified atom stereocenters. The molecule has 102 valence electrons. The van der Waals surface area contributed by atoms with Gasteiger partial charge in [0.05, 0.1) is 0 Å². The number of nitrogens with zero attached hydrogens (tertiary/aromatic N) is 1. The second kappa shape index (κ2) is 5.33. The van der Waals surface area contributed by atoms with Crippen LogP contribution in [0.25, 0.3) is 0 Å². The summed E-state index contributed by atoms with van der Waals surface area (Å²) >= 11 is 0. The van der Waals surface area contributed by atoms with E-state index in [4.69, 9.17) is 0 Å². The predicted molar refractivity (Wildman–Crippen MR) is 75.6 cm³/mol. The largest absolute Gasteiger partial charge is 0.353 e. The predicted octanol–water partition coefficient (Wildman–Crippen LogP) is 2.32. The Hall–Kier alpha value is -1.35. The first-order valence-electron chi connectivity index (χ1n) is 7.29. The molecule has 3 heteroatoms. The Morgan fingerprint density at radius 1 is 1.21 bits per heavy atom. The lowest BCUT2D eigenvalue weighted by atomic mass is 9.96. The molecule has 1 aromatic rings. The monoisotopic (exact) mass is 258 g/mol. The first-order valence-corrected chi connectivity index (χ1v) is 7.29. The Morgan fingerprint density at radius 3 is 2.42 bits per heavy atom. The number of carbonyl (C=O) groups excluding carboxylic acids is 1. The molecule has 2 bridgehead atoms. The zero-order chi connectivity index (χ0) is 13.2. The van der Waals surface area contributed by atoms with Crippen LogP contribution in [0.1, 0.15) is 38.2 Å². The summed E-state index contributed by atoms with van der Waals surface area (Å²) in [7, 11) is 0. The quantitative estimate of drug-likeness (QED) is 0.902. The number of hydrogen-bond donors (Lipinski definition) is 1. The highest BCUT2D eigenvalue weighted by Crippen LogP contribution is 2.36. The fourth-order valence-electron chi connectivity index (χ4n) is 3.73. The molecule has 0 spiro atoms. The Morgan fingerprint density at radius 2 is 1.84 bits per heavy atom. The molecule has 2 heterocycles. The molecule has 19 heavy (non-hydrogen) atoms. The topological polar surface area (TPSA) is 32.3 Å². The van der Waals surface area contributed by atoms with Crippen molar-refractivity contribution >= 4 is 5.91 Å². The van der Waals surface area contributed by atoms with Gasteiger partial charge in [0.2, 0.25) is 5.91 Å². The lowest BCUT2D eigenvalue weighted by Crippen LogP contribution is -2.49. The Kier molecular flexibility index (Phi) is 3.56. The molecule has 2 aliphatic heterocycles. The summed E-state index contributed by atoms with van der Waals surface area (Å²) < 4.78 is 0. The number of piperidine rings is 1. The number of benzene rings is 1. The van der Waals surface area contributed by atoms with Gasteiger partial charge in [-0.05, 0) is 31.2 Å². The first kappa shape index (κ1) is 12.7. The number of hydrogen-bond acceptors (Lipinski definition) is 2. The van der Waals surface area contributed by atoms with E-state index in [1.54, 1.807) is 6.92 Å². The van der Waals surface area contributed by atoms with Crippen LogP contribution in [0.5, 0.6) is 0 Å². The van der Waals surface area contributed by atoms with Gasteiger partial charge in [-0.25, -0.2) is 0 Å². The van der Waals surface area contributed by atoms with Crippen molar-refractivity contribution in [1.82, 2.24) is 10.2 Å². The van der Waals surface area contributed by atoms with Gasteiger partial charge in [-0.1, -0.05) is 30.3 Å². The molecule has 1 amide bonds. The fraction of sp³-hybridized carbons (Fsp3) is 0.562. The van der Waals surface area contributed by atoms with E-state index < -0.39 is 0 Å². The molecule has 1 N–H and O–H groups in total. The molecule has 2 aliphatic rings. The van der Waals surface area contributed by atoms with Crippen molar-refractivity contribution in [2.75, 3.05) is 0 Å². The Labute approximate surface area is 115 Å². The third-order valence-corrected chi connectivity index (χ3v) is 4.50. The summed E-state index contributed by atoms with van der Waals surface area (Å²) in [6, 6.07) is 12.4. The molecule has 0 aromatic heterocycles. The molecule has 0 aliphatic carbocycles. The lowest BCUT2D eigenvalue weighted by Gasteiger charge is -2.39. The summed E-state index contributed by atoms with van der Waals surface area (Å²) in [4.78, 5) is 13.8. The fourth-order valence-corrected chi connectivity index (χ4v) is 3.73. The smallest absolute Gasteiger partial charge is 0.217 e. The molecule has 2 saturated heterocycles. The number of rotatable bonds is 3. The van der Waals surface area contributed by atoms with Crippen LogP contribution in [0.3, 0.4) is 0 Å². The minimum atomic E-state index is 0.112. The van der Waals surface area contributed by atoms with Crippen molar-refractivity contribution in [3.05, 3.63) is 35.9 Å². The summed E-state index contributed by atoms with van der Waals surface area (Å²) in [6.45, 7) is 2.68. The minimum Gasteiger partial charge on any atom is -0.353 e. The molecule has 3 nitrogen and oxygen atoms in total. The van der Waals surface area contributed by atoms with Crippen LogP contribution >= 0.6 is 0 Å². The van der Waals surface area contributed by atoms with E-state index in [1.807, 2.05) is 0 Å². The van der Waals surface area contributed by atoms with Crippen LogP contribution in [0, 0.1) is 0 Å². The van der Waals surface area contributed by atoms with E-state index in [0.717, 1.165) is 19.4 Å². The van der Waals surface area contributed by atoms with Crippen LogP contribution in [0.15, 0.2) is 30.3 Å². The van der Waals surface area contributed by atoms with Gasteiger partial charge in [-0.3, -0.25) is 9.69 Å². The zero-order valence-corrected chi connectivity index (χ0v) is 11.5. The van der Waals surface area contributed by atoms with E-state index in [9.17, 15) is 4.79 Å². The average Bonchev–Trinajstić information content (AvgIpc) is 2.62. The van der Waals surface area contributed by atoms with Crippen molar-refractivity contribution in [3.8, 4) is 0 Å². The van der Waals surface area contributed by atoms with Crippen molar-refractivity contribution < 1.29 is 4.79 Å². The normalized spacial score (nSPS) is 30.3. The standard InChI is InChI=1S/C16H22N2O/c1-12(19)17-14-9-15-7-8-16(10-14)18(15)11-13-5-3-2-4-6-13/h2-6,14-16H,7-11H2,1H3,(H,17,19)/t14-,15-,16+. The molecule has 1 aromatic carbocycles. The molecular weight excluding hydrogens is 236 g/mol. The van der Waals surface area contributed by atoms with E-state index in [0.29, 0.717) is 18.1 Å². The van der Waals surface area contributed by atoms with Crippen LogP contribution in [-0.2, 0) is 11.3 Å². The number of nitrogens with one attached hydrogen (secondary N) is 1. The van der Waals surface area contributed by atoms with E-state index in [1.165, 1.54) is 18.4 Å². The summed E-state index contributed by atoms with van der Waals surface area (Å²) in [6.07, 6.45) is 4.80. The maximum atomic E-state index is 11.2. The summed E-state index contributed by atoms with van der Waals surface area (Å²) in [5.74, 6) is 0.112. The Balaban J connectivity index is 1.65. The third kappa shape index (κ3) is 2.81. The number of carbonyl (C=O) groups is 1. The van der Waals surface area contributed by atoms with Crippen molar-refractivity contribution in [3.63, 3.8) is 0 Å². The van der Waals surface area contributed by atoms with Gasteiger partial charge in [0.25, 0.3) is 0 Å². The SMILES string of the molecule is CC(=O)N[C@@H]1C[C@H]2CC[C@@H](C1)N2Cc1ccccc1. The highest BCUT2D eigenvalue weighted by atomic mass is 16.1. The van der Waals surface area contributed by atoms with Crippen LogP contribution in [0.2, 0.25) is 0 Å². The van der Waals surface area contributed by atoms with Crippen molar-refractivity contribution in [1.29, 1.82) is 0 Å². The van der Waals surface area contributed by atoms with E-state index >= 15 is 0 Å². The lowest BCUT2D eigenvalue weighted by molar-refractivity contribution is -0.120. The molecular formula is C16H22N2O. The summed E-state index contributed by atoms with van der Waals surface area (Å²) in [5.41, 5.74) is 1.40. The van der Waals surface area contributed by atoms with Gasteiger partial charge in [-0.2, -0.15) is 0 Å². The van der Waals surface area contributed by atoms with E-state index in [2.05, 4.69) is 40.5 Å². The second-order valence-electron chi connectivity index (χ2n) is 5.91. The highest BCUT2D eigenvalue weighted by Gasteiger charge is 2.40. The van der Waals surface area contributed by atoms with E-state index in [-0.39, 0.29) is 5.91 Å². The van der Waals surface area contributed by atoms with Gasteiger partial charge in [0.15, 0.2) is 0 Å². The van der Waals surface area contributed by atoms with Gasteiger partial charge < -0.3 is 5.32 Å². The molecule has 3 atom stereocenters. The zero-order valence-electron chi connectivity index (χ0n) is 11.5. The summed E-state index contributed by atoms with van der Waals surface area (Å²) in [5, 5.41) is 3.10. The number of fused-ring (bicyclic) bond motifs is 2. The molecule has 0 radical (unpaired) electrons. The molecule has 2 fully saturated rings. The molecule has 3 rings (SSSR count). The number of amides is 1. The average molecular weight is 258 g/mol. The van der Waals surface area contributed by atoms with Gasteiger partial charge in [0.1, 0.15) is 0 Å². The first-order chi connectivity index (χ1) is 9.22. The third-order valence-electron chi connectivity index (χ3n) is 4.50. The maximum absolute atomic E-state index is 11.2. The van der Waals surface area contributed by atoms with Crippen molar-refractivity contribution in [2.24, 2.45) is 0 Å². The van der Waals surface area contributed by atoms with Gasteiger partial charge in [-0.15, -0.1) is 0 Å². The maximum Gasteiger partial charge on any atom is 0.217 e. The van der Waals surface area contributed by atoms with Crippen LogP contribution in [-0.4, -0.2) is 28.9 Å².